The van der Waals surface area contributed by atoms with E-state index in [0.29, 0.717) is 23.4 Å². The number of ether oxygens (including phenoxy) is 1. The number of aromatic nitrogens is 1. The van der Waals surface area contributed by atoms with Gasteiger partial charge in [-0.25, -0.2) is 0 Å². The van der Waals surface area contributed by atoms with E-state index in [2.05, 4.69) is 10.3 Å². The third-order valence-corrected chi connectivity index (χ3v) is 5.73. The number of fused-ring (bicyclic) bond motifs is 1. The molecule has 0 bridgehead atoms. The first-order valence-electron chi connectivity index (χ1n) is 9.43. The van der Waals surface area contributed by atoms with Gasteiger partial charge in [-0.05, 0) is 36.3 Å². The van der Waals surface area contributed by atoms with E-state index < -0.39 is 0 Å². The van der Waals surface area contributed by atoms with Gasteiger partial charge in [-0.1, -0.05) is 53.8 Å². The third kappa shape index (κ3) is 4.46. The lowest BCUT2D eigenvalue weighted by atomic mass is 10.1. The number of amides is 1. The molecular formula is C22H21N3O3S. The molecular weight excluding hydrogens is 386 g/mol. The maximum Gasteiger partial charge on any atom is 0.270 e. The standard InChI is InChI=1S/C22H21N3O3S/c1-15(17-5-3-2-4-6-17)24-20(26)14-28-18-9-7-16(8-10-18)13-19-21(27)25-12-11-23-22(25)29-19/h2-10,13,15H,11-12,14H2,1H3,(H,24,26)/b19-13+/t15-/m0/s1. The molecule has 1 aromatic heterocycles. The van der Waals surface area contributed by atoms with Crippen molar-refractivity contribution in [2.45, 2.75) is 19.5 Å². The fourth-order valence-electron chi connectivity index (χ4n) is 3.14. The Labute approximate surface area is 171 Å². The van der Waals surface area contributed by atoms with Crippen LogP contribution in [-0.2, 0) is 11.3 Å². The lowest BCUT2D eigenvalue weighted by Gasteiger charge is -2.14. The van der Waals surface area contributed by atoms with Crippen LogP contribution in [0.2, 0.25) is 0 Å². The number of thiazole rings is 1. The molecule has 29 heavy (non-hydrogen) atoms. The van der Waals surface area contributed by atoms with Gasteiger partial charge in [0.2, 0.25) is 0 Å². The fourth-order valence-corrected chi connectivity index (χ4v) is 4.17. The molecule has 0 unspecified atom stereocenters. The van der Waals surface area contributed by atoms with Gasteiger partial charge < -0.3 is 10.1 Å². The Balaban J connectivity index is 1.36. The molecule has 0 spiro atoms. The van der Waals surface area contributed by atoms with Crippen molar-refractivity contribution in [3.05, 3.63) is 85.4 Å². The molecule has 2 heterocycles. The molecule has 1 atom stereocenters. The quantitative estimate of drug-likeness (QED) is 0.675. The molecule has 1 N–H and O–H groups in total. The van der Waals surface area contributed by atoms with Gasteiger partial charge >= 0.3 is 0 Å². The van der Waals surface area contributed by atoms with E-state index >= 15 is 0 Å². The number of hydrogen-bond acceptors (Lipinski definition) is 5. The molecule has 148 valence electrons. The molecule has 2 aromatic carbocycles. The SMILES string of the molecule is C[C@H](NC(=O)COc1ccc(/C=c2/sc3n(c2=O)CCN=3)cc1)c1ccccc1. The highest BCUT2D eigenvalue weighted by atomic mass is 32.1. The Hall–Kier alpha value is -3.19. The molecule has 4 rings (SSSR count). The van der Waals surface area contributed by atoms with Crippen LogP contribution in [0.25, 0.3) is 6.08 Å². The molecule has 3 aromatic rings. The second-order valence-corrected chi connectivity index (χ2v) is 7.80. The summed E-state index contributed by atoms with van der Waals surface area (Å²) < 4.78 is 7.96. The molecule has 1 amide bonds. The lowest BCUT2D eigenvalue weighted by Crippen LogP contribution is -2.31. The maximum atomic E-state index is 12.3. The van der Waals surface area contributed by atoms with Crippen molar-refractivity contribution in [3.63, 3.8) is 0 Å². The first-order valence-corrected chi connectivity index (χ1v) is 10.2. The number of rotatable bonds is 6. The summed E-state index contributed by atoms with van der Waals surface area (Å²) >= 11 is 1.41. The average Bonchev–Trinajstić information content (AvgIpc) is 3.31. The van der Waals surface area contributed by atoms with Gasteiger partial charge in [0, 0.05) is 6.54 Å². The van der Waals surface area contributed by atoms with Crippen molar-refractivity contribution >= 4 is 23.3 Å². The summed E-state index contributed by atoms with van der Waals surface area (Å²) in [5.74, 6) is 0.423. The summed E-state index contributed by atoms with van der Waals surface area (Å²) in [5.41, 5.74) is 1.96. The highest BCUT2D eigenvalue weighted by Gasteiger charge is 2.11. The van der Waals surface area contributed by atoms with Crippen LogP contribution < -0.4 is 24.9 Å². The van der Waals surface area contributed by atoms with Crippen LogP contribution in [-0.4, -0.2) is 23.6 Å². The molecule has 0 saturated carbocycles. The van der Waals surface area contributed by atoms with Crippen LogP contribution >= 0.6 is 11.3 Å². The van der Waals surface area contributed by atoms with Crippen molar-refractivity contribution in [1.82, 2.24) is 9.88 Å². The monoisotopic (exact) mass is 407 g/mol. The minimum Gasteiger partial charge on any atom is -0.484 e. The number of carbonyl (C=O) groups is 1. The Morgan fingerprint density at radius 2 is 2.00 bits per heavy atom. The minimum atomic E-state index is -0.179. The van der Waals surface area contributed by atoms with Crippen molar-refractivity contribution in [2.75, 3.05) is 13.2 Å². The second-order valence-electron chi connectivity index (χ2n) is 6.79. The zero-order chi connectivity index (χ0) is 20.2. The zero-order valence-electron chi connectivity index (χ0n) is 16.0. The minimum absolute atomic E-state index is 0.00998. The summed E-state index contributed by atoms with van der Waals surface area (Å²) in [4.78, 5) is 29.5. The number of nitrogens with zero attached hydrogens (tertiary/aromatic N) is 2. The first-order chi connectivity index (χ1) is 14.1. The van der Waals surface area contributed by atoms with E-state index in [4.69, 9.17) is 4.74 Å². The van der Waals surface area contributed by atoms with Gasteiger partial charge in [0.25, 0.3) is 11.5 Å². The predicted molar refractivity (Wildman–Crippen MR) is 113 cm³/mol. The Bertz CT molecular complexity index is 1180. The molecule has 6 nitrogen and oxygen atoms in total. The van der Waals surface area contributed by atoms with Crippen LogP contribution in [0.5, 0.6) is 5.75 Å². The normalized spacial score (nSPS) is 14.2. The zero-order valence-corrected chi connectivity index (χ0v) is 16.8. The smallest absolute Gasteiger partial charge is 0.270 e. The number of nitrogens with one attached hydrogen (secondary N) is 1. The van der Waals surface area contributed by atoms with Gasteiger partial charge in [0.15, 0.2) is 11.4 Å². The summed E-state index contributed by atoms with van der Waals surface area (Å²) in [6.07, 6.45) is 1.85. The predicted octanol–water partition coefficient (Wildman–Crippen LogP) is 1.63. The molecule has 7 heteroatoms. The van der Waals surface area contributed by atoms with E-state index in [1.807, 2.05) is 55.5 Å². The molecule has 0 aliphatic carbocycles. The number of carbonyl (C=O) groups excluding carboxylic acids is 1. The fraction of sp³-hybridized carbons (Fsp3) is 0.227. The molecule has 0 fully saturated rings. The van der Waals surface area contributed by atoms with E-state index in [-0.39, 0.29) is 24.1 Å². The van der Waals surface area contributed by atoms with Crippen LogP contribution in [0, 0.1) is 0 Å². The van der Waals surface area contributed by atoms with Crippen LogP contribution in [0.1, 0.15) is 24.1 Å². The van der Waals surface area contributed by atoms with Gasteiger partial charge in [-0.2, -0.15) is 0 Å². The first kappa shape index (κ1) is 19.1. The Morgan fingerprint density at radius 1 is 1.24 bits per heavy atom. The molecule has 0 radical (unpaired) electrons. The van der Waals surface area contributed by atoms with Crippen molar-refractivity contribution in [2.24, 2.45) is 4.99 Å². The summed E-state index contributed by atoms with van der Waals surface area (Å²) in [7, 11) is 0. The van der Waals surface area contributed by atoms with E-state index in [9.17, 15) is 9.59 Å². The Kier molecular flexibility index (Phi) is 5.57. The molecule has 1 aliphatic rings. The van der Waals surface area contributed by atoms with Crippen LogP contribution in [0.3, 0.4) is 0 Å². The molecule has 0 saturated heterocycles. The van der Waals surface area contributed by atoms with Crippen molar-refractivity contribution in [1.29, 1.82) is 0 Å². The third-order valence-electron chi connectivity index (χ3n) is 4.68. The second kappa shape index (κ2) is 8.45. The van der Waals surface area contributed by atoms with Crippen molar-refractivity contribution < 1.29 is 9.53 Å². The Morgan fingerprint density at radius 3 is 2.72 bits per heavy atom. The largest absolute Gasteiger partial charge is 0.484 e. The van der Waals surface area contributed by atoms with Crippen molar-refractivity contribution in [3.8, 4) is 5.75 Å². The van der Waals surface area contributed by atoms with Gasteiger partial charge in [0.05, 0.1) is 17.1 Å². The summed E-state index contributed by atoms with van der Waals surface area (Å²) in [6.45, 7) is 3.23. The van der Waals surface area contributed by atoms with Crippen LogP contribution in [0.15, 0.2) is 64.4 Å². The number of benzene rings is 2. The van der Waals surface area contributed by atoms with Gasteiger partial charge in [-0.15, -0.1) is 0 Å². The topological polar surface area (TPSA) is 72.7 Å². The summed E-state index contributed by atoms with van der Waals surface area (Å²) in [6, 6.07) is 17.0. The maximum absolute atomic E-state index is 12.3. The highest BCUT2D eigenvalue weighted by Crippen LogP contribution is 2.14. The van der Waals surface area contributed by atoms with E-state index in [1.165, 1.54) is 11.3 Å². The number of hydrogen-bond donors (Lipinski definition) is 1. The highest BCUT2D eigenvalue weighted by molar-refractivity contribution is 7.07. The summed E-state index contributed by atoms with van der Waals surface area (Å²) in [5, 5.41) is 2.92. The van der Waals surface area contributed by atoms with Gasteiger partial charge in [-0.3, -0.25) is 19.1 Å². The van der Waals surface area contributed by atoms with E-state index in [1.54, 1.807) is 16.7 Å². The lowest BCUT2D eigenvalue weighted by molar-refractivity contribution is -0.123. The van der Waals surface area contributed by atoms with E-state index in [0.717, 1.165) is 15.9 Å². The van der Waals surface area contributed by atoms with Gasteiger partial charge in [0.1, 0.15) is 5.75 Å². The average molecular weight is 407 g/mol. The molecule has 1 aliphatic heterocycles. The van der Waals surface area contributed by atoms with Crippen LogP contribution in [0.4, 0.5) is 0 Å².